The fourth-order valence-electron chi connectivity index (χ4n) is 0.871. The van der Waals surface area contributed by atoms with E-state index in [0.29, 0.717) is 11.5 Å². The van der Waals surface area contributed by atoms with Crippen LogP contribution in [0.15, 0.2) is 0 Å². The molecule has 0 atom stereocenters. The monoisotopic (exact) mass is 288 g/mol. The van der Waals surface area contributed by atoms with Crippen molar-refractivity contribution in [1.82, 2.24) is 10.4 Å². The van der Waals surface area contributed by atoms with E-state index in [1.165, 1.54) is 13.3 Å². The molecule has 116 valence electrons. The first-order valence-corrected chi connectivity index (χ1v) is 6.71. The summed E-state index contributed by atoms with van der Waals surface area (Å²) in [5, 5.41) is 2.82. The van der Waals surface area contributed by atoms with Crippen molar-refractivity contribution in [2.24, 2.45) is 0 Å². The van der Waals surface area contributed by atoms with Crippen molar-refractivity contribution < 1.29 is 24.0 Å². The molecule has 0 aromatic carbocycles. The number of hydrogen-bond acceptors (Lipinski definition) is 5. The number of hydroxylamine groups is 2. The zero-order valence-electron chi connectivity index (χ0n) is 12.6. The third kappa shape index (κ3) is 11.2. The molecule has 20 heavy (non-hydrogen) atoms. The molecule has 0 aromatic rings. The maximum atomic E-state index is 11.2. The highest BCUT2D eigenvalue weighted by molar-refractivity contribution is 5.86. The molecule has 7 nitrogen and oxygen atoms in total. The summed E-state index contributed by atoms with van der Waals surface area (Å²) in [4.78, 5) is 48.0. The molecule has 0 unspecified atom stereocenters. The minimum Gasteiger partial charge on any atom is -0.356 e. The van der Waals surface area contributed by atoms with Gasteiger partial charge in [-0.25, -0.2) is 4.79 Å². The molecule has 0 aliphatic rings. The second-order valence-electron chi connectivity index (χ2n) is 3.80. The highest BCUT2D eigenvalue weighted by Crippen LogP contribution is 1.95. The van der Waals surface area contributed by atoms with Crippen molar-refractivity contribution in [3.05, 3.63) is 0 Å². The molecule has 0 heterocycles. The van der Waals surface area contributed by atoms with Crippen LogP contribution in [0.2, 0.25) is 0 Å². The Morgan fingerprint density at radius 2 is 1.65 bits per heavy atom. The summed E-state index contributed by atoms with van der Waals surface area (Å²) in [6.45, 7) is 7.58. The van der Waals surface area contributed by atoms with Crippen molar-refractivity contribution >= 4 is 24.2 Å². The molecule has 0 radical (unpaired) electrons. The Morgan fingerprint density at radius 1 is 1.10 bits per heavy atom. The predicted octanol–water partition coefficient (Wildman–Crippen LogP) is 1.17. The highest BCUT2D eigenvalue weighted by Gasteiger charge is 2.16. The van der Waals surface area contributed by atoms with Gasteiger partial charge in [0.25, 0.3) is 12.3 Å². The van der Waals surface area contributed by atoms with Crippen molar-refractivity contribution in [2.75, 3.05) is 6.54 Å². The van der Waals surface area contributed by atoms with Crippen molar-refractivity contribution in [3.8, 4) is 0 Å². The van der Waals surface area contributed by atoms with Crippen LogP contribution >= 0.6 is 0 Å². The molecule has 0 aromatic heterocycles. The Labute approximate surface area is 119 Å². The normalized spacial score (nSPS) is 8.80. The molecule has 0 aliphatic carbocycles. The summed E-state index contributed by atoms with van der Waals surface area (Å²) in [5.41, 5.74) is 0. The molecule has 1 N–H and O–H groups in total. The van der Waals surface area contributed by atoms with Gasteiger partial charge in [-0.1, -0.05) is 34.1 Å². The van der Waals surface area contributed by atoms with E-state index < -0.39 is 11.9 Å². The summed E-state index contributed by atoms with van der Waals surface area (Å²) >= 11 is 0. The largest absolute Gasteiger partial charge is 0.356 e. The van der Waals surface area contributed by atoms with Crippen LogP contribution in [0.25, 0.3) is 0 Å². The number of nitrogens with zero attached hydrogens (tertiary/aromatic N) is 1. The number of nitrogens with one attached hydrogen (secondary N) is 1. The van der Waals surface area contributed by atoms with E-state index >= 15 is 0 Å². The molecule has 0 spiro atoms. The minimum absolute atomic E-state index is 0.0542. The Morgan fingerprint density at radius 3 is 2.05 bits per heavy atom. The molecule has 0 aliphatic heterocycles. The maximum Gasteiger partial charge on any atom is 0.334 e. The standard InChI is InChI=1S/C10H16N2O5.C3H8/c1-3-8(14)11-6-5-10(16)17-12(7-13)9(15)4-2;1-3-2/h7H,3-6H2,1-2H3,(H,11,14);3H2,1-2H3. The molecular formula is C13H24N2O5. The lowest BCUT2D eigenvalue weighted by Gasteiger charge is -2.13. The Balaban J connectivity index is 0. The van der Waals surface area contributed by atoms with Gasteiger partial charge in [-0.3, -0.25) is 14.4 Å². The number of imide groups is 1. The van der Waals surface area contributed by atoms with Gasteiger partial charge < -0.3 is 10.2 Å². The summed E-state index contributed by atoms with van der Waals surface area (Å²) in [6.07, 6.45) is 1.66. The maximum absolute atomic E-state index is 11.2. The number of hydrogen-bond donors (Lipinski definition) is 1. The fourth-order valence-corrected chi connectivity index (χ4v) is 0.871. The van der Waals surface area contributed by atoms with Gasteiger partial charge in [-0.15, -0.1) is 5.06 Å². The summed E-state index contributed by atoms with van der Waals surface area (Å²) < 4.78 is 0. The van der Waals surface area contributed by atoms with Crippen LogP contribution in [0.1, 0.15) is 53.4 Å². The molecule has 0 fully saturated rings. The Bertz CT molecular complexity index is 318. The second kappa shape index (κ2) is 13.5. The molecule has 7 heteroatoms. The van der Waals surface area contributed by atoms with Crippen molar-refractivity contribution in [1.29, 1.82) is 0 Å². The van der Waals surface area contributed by atoms with E-state index in [4.69, 9.17) is 0 Å². The van der Waals surface area contributed by atoms with Crippen molar-refractivity contribution in [3.63, 3.8) is 0 Å². The summed E-state index contributed by atoms with van der Waals surface area (Å²) in [7, 11) is 0. The van der Waals surface area contributed by atoms with E-state index in [0.717, 1.165) is 0 Å². The Kier molecular flexibility index (Phi) is 13.8. The lowest BCUT2D eigenvalue weighted by atomic mass is 10.4. The lowest BCUT2D eigenvalue weighted by Crippen LogP contribution is -2.33. The van der Waals surface area contributed by atoms with Crippen LogP contribution in [0.5, 0.6) is 0 Å². The van der Waals surface area contributed by atoms with E-state index in [2.05, 4.69) is 24.0 Å². The van der Waals surface area contributed by atoms with Crippen LogP contribution in [-0.4, -0.2) is 35.8 Å². The van der Waals surface area contributed by atoms with Crippen LogP contribution in [-0.2, 0) is 24.0 Å². The molecule has 0 bridgehead atoms. The molecular weight excluding hydrogens is 264 g/mol. The first-order chi connectivity index (χ1) is 9.46. The van der Waals surface area contributed by atoms with Crippen LogP contribution in [0.4, 0.5) is 0 Å². The highest BCUT2D eigenvalue weighted by atomic mass is 16.7. The third-order valence-electron chi connectivity index (χ3n) is 1.82. The van der Waals surface area contributed by atoms with E-state index in [9.17, 15) is 19.2 Å². The molecule has 0 rings (SSSR count). The number of rotatable bonds is 6. The number of carbonyl (C=O) groups excluding carboxylic acids is 4. The van der Waals surface area contributed by atoms with Gasteiger partial charge in [0.2, 0.25) is 5.91 Å². The van der Waals surface area contributed by atoms with Crippen LogP contribution in [0, 0.1) is 0 Å². The Hall–Kier alpha value is -1.92. The number of carbonyl (C=O) groups is 4. The van der Waals surface area contributed by atoms with Gasteiger partial charge in [-0.05, 0) is 0 Å². The van der Waals surface area contributed by atoms with Gasteiger partial charge in [0, 0.05) is 19.4 Å². The van der Waals surface area contributed by atoms with Gasteiger partial charge in [0.15, 0.2) is 0 Å². The number of amides is 3. The predicted molar refractivity (Wildman–Crippen MR) is 73.2 cm³/mol. The summed E-state index contributed by atoms with van der Waals surface area (Å²) in [6, 6.07) is 0. The van der Waals surface area contributed by atoms with Crippen LogP contribution < -0.4 is 5.32 Å². The van der Waals surface area contributed by atoms with E-state index in [1.807, 2.05) is 0 Å². The first-order valence-electron chi connectivity index (χ1n) is 6.71. The topological polar surface area (TPSA) is 92.8 Å². The van der Waals surface area contributed by atoms with Gasteiger partial charge in [0.1, 0.15) is 0 Å². The SMILES string of the molecule is CCC.CCC(=O)NCCC(=O)ON(C=O)C(=O)CC. The smallest absolute Gasteiger partial charge is 0.334 e. The second-order valence-corrected chi connectivity index (χ2v) is 3.80. The zero-order valence-corrected chi connectivity index (χ0v) is 12.6. The lowest BCUT2D eigenvalue weighted by molar-refractivity contribution is -0.196. The van der Waals surface area contributed by atoms with Crippen LogP contribution in [0.3, 0.4) is 0 Å². The first kappa shape index (κ1) is 20.4. The molecule has 0 saturated heterocycles. The van der Waals surface area contributed by atoms with E-state index in [-0.39, 0.29) is 31.7 Å². The quantitative estimate of drug-likeness (QED) is 0.585. The average molecular weight is 288 g/mol. The summed E-state index contributed by atoms with van der Waals surface area (Å²) in [5.74, 6) is -1.55. The minimum atomic E-state index is -0.754. The van der Waals surface area contributed by atoms with Gasteiger partial charge in [-0.2, -0.15) is 0 Å². The zero-order chi connectivity index (χ0) is 16.0. The average Bonchev–Trinajstić information content (AvgIpc) is 2.44. The fraction of sp³-hybridized carbons (Fsp3) is 0.692. The third-order valence-corrected chi connectivity index (χ3v) is 1.82. The molecule has 3 amide bonds. The molecule has 0 saturated carbocycles. The van der Waals surface area contributed by atoms with Gasteiger partial charge >= 0.3 is 5.97 Å². The van der Waals surface area contributed by atoms with E-state index in [1.54, 1.807) is 6.92 Å². The van der Waals surface area contributed by atoms with Gasteiger partial charge in [0.05, 0.1) is 6.42 Å². The van der Waals surface area contributed by atoms with Crippen molar-refractivity contribution in [2.45, 2.75) is 53.4 Å².